The Hall–Kier alpha value is -3.04. The standard InChI is InChI=1S/C22H24ClN3O5S/c1-14-11-18(12-15(2)22(14)23)30-10-4-5-21(27)24-17-6-8-19(9-7-17)32(28,29)26-20-13-16(3)31-25-20/h6-9,11-13H,4-5,10H2,1-3H3,(H,24,27)(H,25,26). The molecular formula is C22H24ClN3O5S. The van der Waals surface area contributed by atoms with Gasteiger partial charge < -0.3 is 14.6 Å². The van der Waals surface area contributed by atoms with Gasteiger partial charge in [0.15, 0.2) is 5.82 Å². The Balaban J connectivity index is 1.47. The van der Waals surface area contributed by atoms with Gasteiger partial charge in [0, 0.05) is 23.2 Å². The molecule has 0 aliphatic carbocycles. The van der Waals surface area contributed by atoms with Crippen molar-refractivity contribution in [3.05, 3.63) is 64.4 Å². The number of carbonyl (C=O) groups is 1. The quantitative estimate of drug-likeness (QED) is 0.426. The molecule has 10 heteroatoms. The normalized spacial score (nSPS) is 11.2. The number of rotatable bonds is 9. The number of halogens is 1. The smallest absolute Gasteiger partial charge is 0.263 e. The summed E-state index contributed by atoms with van der Waals surface area (Å²) in [5.41, 5.74) is 2.38. The Kier molecular flexibility index (Phi) is 7.42. The van der Waals surface area contributed by atoms with Crippen molar-refractivity contribution in [1.29, 1.82) is 0 Å². The molecule has 3 rings (SSSR count). The van der Waals surface area contributed by atoms with Crippen LogP contribution in [-0.4, -0.2) is 26.1 Å². The van der Waals surface area contributed by atoms with E-state index in [0.717, 1.165) is 21.9 Å². The Labute approximate surface area is 192 Å². The molecule has 0 spiro atoms. The number of hydrogen-bond acceptors (Lipinski definition) is 6. The van der Waals surface area contributed by atoms with E-state index in [0.29, 0.717) is 24.5 Å². The molecule has 1 heterocycles. The van der Waals surface area contributed by atoms with Crippen LogP contribution in [0.25, 0.3) is 0 Å². The average Bonchev–Trinajstić information content (AvgIpc) is 3.13. The molecule has 3 aromatic rings. The van der Waals surface area contributed by atoms with Crippen molar-refractivity contribution in [2.45, 2.75) is 38.5 Å². The van der Waals surface area contributed by atoms with Crippen LogP contribution in [0.15, 0.2) is 51.9 Å². The fraction of sp³-hybridized carbons (Fsp3) is 0.273. The first-order chi connectivity index (χ1) is 15.1. The van der Waals surface area contributed by atoms with Gasteiger partial charge >= 0.3 is 0 Å². The number of nitrogens with zero attached hydrogens (tertiary/aromatic N) is 1. The summed E-state index contributed by atoms with van der Waals surface area (Å²) in [6.07, 6.45) is 0.790. The number of anilines is 2. The van der Waals surface area contributed by atoms with Gasteiger partial charge in [-0.1, -0.05) is 16.8 Å². The van der Waals surface area contributed by atoms with Crippen LogP contribution in [0.2, 0.25) is 5.02 Å². The summed E-state index contributed by atoms with van der Waals surface area (Å²) >= 11 is 6.15. The lowest BCUT2D eigenvalue weighted by atomic mass is 10.1. The summed E-state index contributed by atoms with van der Waals surface area (Å²) in [5.74, 6) is 1.12. The monoisotopic (exact) mass is 477 g/mol. The van der Waals surface area contributed by atoms with E-state index in [1.165, 1.54) is 30.3 Å². The lowest BCUT2D eigenvalue weighted by Gasteiger charge is -2.10. The number of benzene rings is 2. The SMILES string of the molecule is Cc1cc(NS(=O)(=O)c2ccc(NC(=O)CCCOc3cc(C)c(Cl)c(C)c3)cc2)no1. The van der Waals surface area contributed by atoms with Crippen LogP contribution in [-0.2, 0) is 14.8 Å². The molecule has 0 atom stereocenters. The molecular weight excluding hydrogens is 454 g/mol. The largest absolute Gasteiger partial charge is 0.494 e. The molecule has 2 aromatic carbocycles. The molecule has 0 unspecified atom stereocenters. The number of aryl methyl sites for hydroxylation is 3. The molecule has 0 bridgehead atoms. The van der Waals surface area contributed by atoms with Crippen LogP contribution in [0.3, 0.4) is 0 Å². The molecule has 8 nitrogen and oxygen atoms in total. The van der Waals surface area contributed by atoms with Gasteiger partial charge in [0.1, 0.15) is 11.5 Å². The molecule has 0 aliphatic heterocycles. The van der Waals surface area contributed by atoms with Crippen molar-refractivity contribution in [2.75, 3.05) is 16.6 Å². The van der Waals surface area contributed by atoms with Gasteiger partial charge in [0.05, 0.1) is 11.5 Å². The van der Waals surface area contributed by atoms with Gasteiger partial charge in [-0.3, -0.25) is 9.52 Å². The van der Waals surface area contributed by atoms with Crippen LogP contribution >= 0.6 is 11.6 Å². The third kappa shape index (κ3) is 6.24. The number of carbonyl (C=O) groups excluding carboxylic acids is 1. The van der Waals surface area contributed by atoms with Gasteiger partial charge in [-0.15, -0.1) is 0 Å². The second kappa shape index (κ2) is 10.1. The first kappa shape index (κ1) is 23.6. The zero-order valence-electron chi connectivity index (χ0n) is 17.9. The number of sulfonamides is 1. The van der Waals surface area contributed by atoms with E-state index in [9.17, 15) is 13.2 Å². The van der Waals surface area contributed by atoms with Gasteiger partial charge in [-0.25, -0.2) is 8.42 Å². The fourth-order valence-electron chi connectivity index (χ4n) is 2.96. The van der Waals surface area contributed by atoms with Crippen molar-refractivity contribution in [3.8, 4) is 5.75 Å². The molecule has 0 saturated heterocycles. The molecule has 1 amide bonds. The fourth-order valence-corrected chi connectivity index (χ4v) is 4.06. The molecule has 0 saturated carbocycles. The molecule has 170 valence electrons. The van der Waals surface area contributed by atoms with E-state index in [1.807, 2.05) is 26.0 Å². The Morgan fingerprint density at radius 3 is 2.34 bits per heavy atom. The van der Waals surface area contributed by atoms with Crippen molar-refractivity contribution < 1.29 is 22.5 Å². The highest BCUT2D eigenvalue weighted by atomic mass is 35.5. The topological polar surface area (TPSA) is 111 Å². The van der Waals surface area contributed by atoms with Crippen LogP contribution in [0.1, 0.15) is 29.7 Å². The maximum Gasteiger partial charge on any atom is 0.263 e. The van der Waals surface area contributed by atoms with Gasteiger partial charge in [0.25, 0.3) is 10.0 Å². The maximum absolute atomic E-state index is 12.4. The third-order valence-corrected chi connectivity index (χ3v) is 6.51. The maximum atomic E-state index is 12.4. The van der Waals surface area contributed by atoms with Crippen molar-refractivity contribution in [2.24, 2.45) is 0 Å². The lowest BCUT2D eigenvalue weighted by Crippen LogP contribution is -2.14. The van der Waals surface area contributed by atoms with E-state index >= 15 is 0 Å². The van der Waals surface area contributed by atoms with Crippen molar-refractivity contribution >= 4 is 39.0 Å². The zero-order chi connectivity index (χ0) is 23.3. The van der Waals surface area contributed by atoms with Gasteiger partial charge in [0.2, 0.25) is 5.91 Å². The number of ether oxygens (including phenoxy) is 1. The van der Waals surface area contributed by atoms with Crippen LogP contribution in [0, 0.1) is 20.8 Å². The van der Waals surface area contributed by atoms with E-state index in [-0.39, 0.29) is 23.0 Å². The predicted octanol–water partition coefficient (Wildman–Crippen LogP) is 4.85. The molecule has 32 heavy (non-hydrogen) atoms. The molecule has 1 aromatic heterocycles. The van der Waals surface area contributed by atoms with Crippen molar-refractivity contribution in [1.82, 2.24) is 5.16 Å². The summed E-state index contributed by atoms with van der Waals surface area (Å²) in [5, 5.41) is 7.08. The first-order valence-corrected chi connectivity index (χ1v) is 11.8. The highest BCUT2D eigenvalue weighted by Crippen LogP contribution is 2.26. The van der Waals surface area contributed by atoms with E-state index in [4.69, 9.17) is 20.9 Å². The zero-order valence-corrected chi connectivity index (χ0v) is 19.5. The number of aromatic nitrogens is 1. The molecule has 0 radical (unpaired) electrons. The van der Waals surface area contributed by atoms with Gasteiger partial charge in [-0.05, 0) is 74.7 Å². The molecule has 0 aliphatic rings. The van der Waals surface area contributed by atoms with E-state index in [2.05, 4.69) is 15.2 Å². The van der Waals surface area contributed by atoms with E-state index in [1.54, 1.807) is 6.92 Å². The first-order valence-electron chi connectivity index (χ1n) is 9.89. The number of hydrogen-bond donors (Lipinski definition) is 2. The Morgan fingerprint density at radius 1 is 1.09 bits per heavy atom. The van der Waals surface area contributed by atoms with Crippen LogP contribution in [0.4, 0.5) is 11.5 Å². The third-order valence-electron chi connectivity index (χ3n) is 4.54. The minimum absolute atomic E-state index is 0.0399. The molecule has 0 fully saturated rings. The summed E-state index contributed by atoms with van der Waals surface area (Å²) in [6.45, 7) is 5.88. The predicted molar refractivity (Wildman–Crippen MR) is 123 cm³/mol. The summed E-state index contributed by atoms with van der Waals surface area (Å²) in [7, 11) is -3.81. The van der Waals surface area contributed by atoms with Gasteiger partial charge in [-0.2, -0.15) is 0 Å². The lowest BCUT2D eigenvalue weighted by molar-refractivity contribution is -0.116. The van der Waals surface area contributed by atoms with Crippen LogP contribution < -0.4 is 14.8 Å². The van der Waals surface area contributed by atoms with Crippen LogP contribution in [0.5, 0.6) is 5.75 Å². The Morgan fingerprint density at radius 2 is 1.75 bits per heavy atom. The molecule has 2 N–H and O–H groups in total. The minimum atomic E-state index is -3.81. The summed E-state index contributed by atoms with van der Waals surface area (Å²) < 4.78 is 37.7. The average molecular weight is 478 g/mol. The minimum Gasteiger partial charge on any atom is -0.494 e. The van der Waals surface area contributed by atoms with E-state index < -0.39 is 10.0 Å². The summed E-state index contributed by atoms with van der Waals surface area (Å²) in [4.78, 5) is 12.2. The Bertz CT molecular complexity index is 1180. The number of amides is 1. The summed E-state index contributed by atoms with van der Waals surface area (Å²) in [6, 6.07) is 11.1. The van der Waals surface area contributed by atoms with Crippen molar-refractivity contribution in [3.63, 3.8) is 0 Å². The number of nitrogens with one attached hydrogen (secondary N) is 2. The highest BCUT2D eigenvalue weighted by Gasteiger charge is 2.16. The highest BCUT2D eigenvalue weighted by molar-refractivity contribution is 7.92. The second-order valence-electron chi connectivity index (χ2n) is 7.32. The second-order valence-corrected chi connectivity index (χ2v) is 9.38.